The predicted octanol–water partition coefficient (Wildman–Crippen LogP) is 4.31. The Hall–Kier alpha value is -2.20. The summed E-state index contributed by atoms with van der Waals surface area (Å²) in [5.74, 6) is -0.0531. The zero-order valence-corrected chi connectivity index (χ0v) is 15.3. The lowest BCUT2D eigenvalue weighted by Crippen LogP contribution is -2.43. The molecule has 1 fully saturated rings. The first kappa shape index (κ1) is 18.6. The minimum atomic E-state index is -0.212. The zero-order chi connectivity index (χ0) is 18.4. The number of hydrogen-bond acceptors (Lipinski definition) is 2. The highest BCUT2D eigenvalue weighted by Crippen LogP contribution is 2.22. The largest absolute Gasteiger partial charge is 0.349 e. The van der Waals surface area contributed by atoms with Gasteiger partial charge in [-0.1, -0.05) is 49.4 Å². The average molecular weight is 354 g/mol. The zero-order valence-electron chi connectivity index (χ0n) is 15.3. The van der Waals surface area contributed by atoms with E-state index in [9.17, 15) is 9.18 Å². The molecule has 1 heterocycles. The average Bonchev–Trinajstić information content (AvgIpc) is 2.68. The van der Waals surface area contributed by atoms with Gasteiger partial charge in [0.25, 0.3) is 0 Å². The topological polar surface area (TPSA) is 32.3 Å². The lowest BCUT2D eigenvalue weighted by molar-refractivity contribution is -0.127. The maximum Gasteiger partial charge on any atom is 0.224 e. The fraction of sp³-hybridized carbons (Fsp3) is 0.409. The summed E-state index contributed by atoms with van der Waals surface area (Å²) in [6, 6.07) is 16.8. The number of likely N-dealkylation sites (tertiary alicyclic amines) is 1. The first-order valence-corrected chi connectivity index (χ1v) is 9.48. The van der Waals surface area contributed by atoms with Crippen molar-refractivity contribution in [2.24, 2.45) is 5.92 Å². The standard InChI is InChI=1S/C22H27FN2O/c1-2-21(18-7-4-3-5-8-18)24-22(26)19-9-6-14-25(16-19)15-17-10-12-20(23)13-11-17/h3-5,7-8,10-13,19,21H,2,6,9,14-16H2,1H3,(H,24,26). The van der Waals surface area contributed by atoms with Crippen LogP contribution in [0.3, 0.4) is 0 Å². The first-order valence-electron chi connectivity index (χ1n) is 9.48. The van der Waals surface area contributed by atoms with Crippen molar-refractivity contribution in [2.75, 3.05) is 13.1 Å². The van der Waals surface area contributed by atoms with E-state index in [0.29, 0.717) is 0 Å². The molecule has 1 N–H and O–H groups in total. The van der Waals surface area contributed by atoms with Gasteiger partial charge in [-0.2, -0.15) is 0 Å². The SMILES string of the molecule is CCC(NC(=O)C1CCCN(Cc2ccc(F)cc2)C1)c1ccccc1. The van der Waals surface area contributed by atoms with E-state index in [1.165, 1.54) is 12.1 Å². The van der Waals surface area contributed by atoms with Gasteiger partial charge in [-0.25, -0.2) is 4.39 Å². The summed E-state index contributed by atoms with van der Waals surface area (Å²) in [5, 5.41) is 3.23. The number of nitrogens with one attached hydrogen (secondary N) is 1. The Morgan fingerprint density at radius 3 is 2.62 bits per heavy atom. The van der Waals surface area contributed by atoms with Crippen LogP contribution in [0.1, 0.15) is 43.4 Å². The second kappa shape index (κ2) is 8.95. The lowest BCUT2D eigenvalue weighted by Gasteiger charge is -2.33. The van der Waals surface area contributed by atoms with E-state index in [2.05, 4.69) is 29.3 Å². The summed E-state index contributed by atoms with van der Waals surface area (Å²) < 4.78 is 13.1. The molecule has 3 rings (SSSR count). The van der Waals surface area contributed by atoms with Crippen LogP contribution in [0, 0.1) is 11.7 Å². The smallest absolute Gasteiger partial charge is 0.224 e. The Kier molecular flexibility index (Phi) is 6.40. The van der Waals surface area contributed by atoms with Gasteiger partial charge in [0.1, 0.15) is 5.82 Å². The van der Waals surface area contributed by atoms with Gasteiger partial charge in [0.05, 0.1) is 12.0 Å². The highest BCUT2D eigenvalue weighted by atomic mass is 19.1. The van der Waals surface area contributed by atoms with E-state index in [1.54, 1.807) is 0 Å². The van der Waals surface area contributed by atoms with Gasteiger partial charge in [-0.15, -0.1) is 0 Å². The Bertz CT molecular complexity index is 702. The van der Waals surface area contributed by atoms with Crippen LogP contribution >= 0.6 is 0 Å². The molecular weight excluding hydrogens is 327 g/mol. The van der Waals surface area contributed by atoms with Crippen molar-refractivity contribution in [3.63, 3.8) is 0 Å². The second-order valence-electron chi connectivity index (χ2n) is 7.08. The summed E-state index contributed by atoms with van der Waals surface area (Å²) in [5.41, 5.74) is 2.24. The molecule has 4 heteroatoms. The molecule has 138 valence electrons. The molecule has 1 amide bonds. The van der Waals surface area contributed by atoms with E-state index >= 15 is 0 Å². The van der Waals surface area contributed by atoms with Crippen molar-refractivity contribution in [1.82, 2.24) is 10.2 Å². The third-order valence-corrected chi connectivity index (χ3v) is 5.12. The molecule has 2 unspecified atom stereocenters. The Balaban J connectivity index is 1.58. The molecule has 0 saturated carbocycles. The van der Waals surface area contributed by atoms with E-state index in [4.69, 9.17) is 0 Å². The molecule has 0 aliphatic carbocycles. The van der Waals surface area contributed by atoms with Gasteiger partial charge in [0.15, 0.2) is 0 Å². The molecule has 2 aromatic carbocycles. The number of benzene rings is 2. The van der Waals surface area contributed by atoms with Crippen LogP contribution in [-0.2, 0) is 11.3 Å². The van der Waals surface area contributed by atoms with Crippen LogP contribution in [0.15, 0.2) is 54.6 Å². The van der Waals surface area contributed by atoms with E-state index < -0.39 is 0 Å². The molecule has 2 aromatic rings. The number of hydrogen-bond donors (Lipinski definition) is 1. The fourth-order valence-corrected chi connectivity index (χ4v) is 3.66. The summed E-state index contributed by atoms with van der Waals surface area (Å²) in [4.78, 5) is 15.1. The van der Waals surface area contributed by atoms with Gasteiger partial charge in [0.2, 0.25) is 5.91 Å². The third-order valence-electron chi connectivity index (χ3n) is 5.12. The summed E-state index contributed by atoms with van der Waals surface area (Å²) in [6.07, 6.45) is 2.82. The van der Waals surface area contributed by atoms with Gasteiger partial charge in [0, 0.05) is 13.1 Å². The number of amides is 1. The van der Waals surface area contributed by atoms with Crippen molar-refractivity contribution in [2.45, 2.75) is 38.8 Å². The summed E-state index contributed by atoms with van der Waals surface area (Å²) in [6.45, 7) is 4.60. The number of rotatable bonds is 6. The minimum Gasteiger partial charge on any atom is -0.349 e. The van der Waals surface area contributed by atoms with E-state index in [0.717, 1.165) is 50.0 Å². The Labute approximate surface area is 155 Å². The van der Waals surface area contributed by atoms with E-state index in [1.807, 2.05) is 30.3 Å². The molecule has 1 saturated heterocycles. The first-order chi connectivity index (χ1) is 12.7. The second-order valence-corrected chi connectivity index (χ2v) is 7.08. The van der Waals surface area contributed by atoms with E-state index in [-0.39, 0.29) is 23.7 Å². The molecule has 0 bridgehead atoms. The number of nitrogens with zero attached hydrogens (tertiary/aromatic N) is 1. The van der Waals surface area contributed by atoms with Gasteiger partial charge >= 0.3 is 0 Å². The summed E-state index contributed by atoms with van der Waals surface area (Å²) >= 11 is 0. The molecule has 1 aliphatic rings. The van der Waals surface area contributed by atoms with Crippen molar-refractivity contribution in [3.05, 3.63) is 71.5 Å². The van der Waals surface area contributed by atoms with Crippen LogP contribution in [0.4, 0.5) is 4.39 Å². The fourth-order valence-electron chi connectivity index (χ4n) is 3.66. The van der Waals surface area contributed by atoms with Gasteiger partial charge in [-0.3, -0.25) is 9.69 Å². The van der Waals surface area contributed by atoms with Crippen LogP contribution < -0.4 is 5.32 Å². The number of halogens is 1. The van der Waals surface area contributed by atoms with Crippen molar-refractivity contribution in [1.29, 1.82) is 0 Å². The molecule has 0 aromatic heterocycles. The molecule has 1 aliphatic heterocycles. The monoisotopic (exact) mass is 354 g/mol. The van der Waals surface area contributed by atoms with Gasteiger partial charge < -0.3 is 5.32 Å². The van der Waals surface area contributed by atoms with Crippen LogP contribution in [-0.4, -0.2) is 23.9 Å². The Morgan fingerprint density at radius 1 is 1.19 bits per heavy atom. The Morgan fingerprint density at radius 2 is 1.92 bits per heavy atom. The van der Waals surface area contributed by atoms with Crippen molar-refractivity contribution in [3.8, 4) is 0 Å². The quantitative estimate of drug-likeness (QED) is 0.839. The van der Waals surface area contributed by atoms with Gasteiger partial charge in [-0.05, 0) is 49.1 Å². The molecule has 0 radical (unpaired) electrons. The highest BCUT2D eigenvalue weighted by molar-refractivity contribution is 5.79. The molecular formula is C22H27FN2O. The molecule has 0 spiro atoms. The molecule has 2 atom stereocenters. The van der Waals surface area contributed by atoms with Crippen LogP contribution in [0.5, 0.6) is 0 Å². The molecule has 26 heavy (non-hydrogen) atoms. The highest BCUT2D eigenvalue weighted by Gasteiger charge is 2.27. The maximum absolute atomic E-state index is 13.1. The predicted molar refractivity (Wildman–Crippen MR) is 102 cm³/mol. The van der Waals surface area contributed by atoms with Crippen molar-refractivity contribution < 1.29 is 9.18 Å². The maximum atomic E-state index is 13.1. The number of piperidine rings is 1. The van der Waals surface area contributed by atoms with Crippen molar-refractivity contribution >= 4 is 5.91 Å². The summed E-state index contributed by atoms with van der Waals surface area (Å²) in [7, 11) is 0. The normalized spacial score (nSPS) is 19.1. The number of carbonyl (C=O) groups excluding carboxylic acids is 1. The van der Waals surface area contributed by atoms with Crippen LogP contribution in [0.2, 0.25) is 0 Å². The van der Waals surface area contributed by atoms with Crippen LogP contribution in [0.25, 0.3) is 0 Å². The molecule has 3 nitrogen and oxygen atoms in total. The lowest BCUT2D eigenvalue weighted by atomic mass is 9.95. The minimum absolute atomic E-state index is 0.0157. The third kappa shape index (κ3) is 4.92. The number of carbonyl (C=O) groups is 1.